The highest BCUT2D eigenvalue weighted by atomic mass is 32.1. The van der Waals surface area contributed by atoms with E-state index in [0.29, 0.717) is 19.8 Å². The smallest absolute Gasteiger partial charge is 0.0897 e. The van der Waals surface area contributed by atoms with Gasteiger partial charge in [-0.05, 0) is 13.3 Å². The third kappa shape index (κ3) is 6.09. The van der Waals surface area contributed by atoms with Gasteiger partial charge in [0.1, 0.15) is 0 Å². The zero-order valence-corrected chi connectivity index (χ0v) is 11.3. The molecule has 1 aromatic rings. The average Bonchev–Trinajstić information content (AvgIpc) is 2.73. The van der Waals surface area contributed by atoms with Crippen LogP contribution in [0.3, 0.4) is 0 Å². The number of hydrogen-bond donors (Lipinski definition) is 2. The Kier molecular flexibility index (Phi) is 7.30. The fraction of sp³-hybridized carbons (Fsp3) is 0.727. The van der Waals surface area contributed by atoms with Gasteiger partial charge in [-0.2, -0.15) is 0 Å². The summed E-state index contributed by atoms with van der Waals surface area (Å²) in [6.45, 7) is 3.95. The van der Waals surface area contributed by atoms with E-state index in [1.807, 2.05) is 6.92 Å². The lowest BCUT2D eigenvalue weighted by Crippen LogP contribution is -2.37. The molecule has 1 atom stereocenters. The number of rotatable bonds is 9. The van der Waals surface area contributed by atoms with Gasteiger partial charge in [0.05, 0.1) is 23.9 Å². The summed E-state index contributed by atoms with van der Waals surface area (Å²) in [5.41, 5.74) is 3.89. The average molecular weight is 259 g/mol. The van der Waals surface area contributed by atoms with Crippen LogP contribution in [-0.4, -0.2) is 38.0 Å². The lowest BCUT2D eigenvalue weighted by Gasteiger charge is -2.14. The molecule has 0 fully saturated rings. The first-order chi connectivity index (χ1) is 8.26. The summed E-state index contributed by atoms with van der Waals surface area (Å²) in [6, 6.07) is 0.207. The van der Waals surface area contributed by atoms with Crippen LogP contribution in [0.1, 0.15) is 17.1 Å². The van der Waals surface area contributed by atoms with Gasteiger partial charge in [0.25, 0.3) is 0 Å². The monoisotopic (exact) mass is 259 g/mol. The molecule has 0 bridgehead atoms. The third-order valence-electron chi connectivity index (χ3n) is 2.40. The van der Waals surface area contributed by atoms with Crippen LogP contribution in [0.4, 0.5) is 0 Å². The maximum atomic E-state index is 5.51. The number of aromatic nitrogens is 1. The minimum atomic E-state index is 0.207. The normalized spacial score (nSPS) is 12.9. The van der Waals surface area contributed by atoms with Gasteiger partial charge in [-0.15, -0.1) is 11.3 Å². The molecular formula is C11H21N3O2S. The molecule has 5 nitrogen and oxygen atoms in total. The van der Waals surface area contributed by atoms with Crippen LogP contribution in [0.15, 0.2) is 5.38 Å². The van der Waals surface area contributed by atoms with Gasteiger partial charge >= 0.3 is 0 Å². The second kappa shape index (κ2) is 8.54. The van der Waals surface area contributed by atoms with Crippen LogP contribution < -0.4 is 11.3 Å². The zero-order chi connectivity index (χ0) is 12.5. The van der Waals surface area contributed by atoms with Crippen LogP contribution in [0.25, 0.3) is 0 Å². The highest BCUT2D eigenvalue weighted by Crippen LogP contribution is 2.10. The van der Waals surface area contributed by atoms with E-state index < -0.39 is 0 Å². The van der Waals surface area contributed by atoms with Gasteiger partial charge in [-0.25, -0.2) is 4.98 Å². The number of nitrogens with two attached hydrogens (primary N) is 1. The number of nitrogens with one attached hydrogen (secondary N) is 1. The number of aryl methyl sites for hydroxylation is 1. The molecule has 0 amide bonds. The van der Waals surface area contributed by atoms with Gasteiger partial charge in [-0.1, -0.05) is 0 Å². The first kappa shape index (κ1) is 14.5. The van der Waals surface area contributed by atoms with E-state index in [1.54, 1.807) is 18.4 Å². The zero-order valence-electron chi connectivity index (χ0n) is 10.4. The number of methoxy groups -OCH3 is 1. The number of hydrogen-bond acceptors (Lipinski definition) is 6. The van der Waals surface area contributed by atoms with Crippen LogP contribution in [-0.2, 0) is 15.9 Å². The van der Waals surface area contributed by atoms with Gasteiger partial charge in [0, 0.05) is 31.6 Å². The maximum absolute atomic E-state index is 5.51. The van der Waals surface area contributed by atoms with Crippen molar-refractivity contribution in [3.8, 4) is 0 Å². The first-order valence-electron chi connectivity index (χ1n) is 5.70. The van der Waals surface area contributed by atoms with E-state index >= 15 is 0 Å². The van der Waals surface area contributed by atoms with Crippen LogP contribution in [0.5, 0.6) is 0 Å². The second-order valence-electron chi connectivity index (χ2n) is 3.82. The summed E-state index contributed by atoms with van der Waals surface area (Å²) in [5, 5.41) is 3.16. The van der Waals surface area contributed by atoms with E-state index in [4.69, 9.17) is 15.3 Å². The van der Waals surface area contributed by atoms with E-state index in [9.17, 15) is 0 Å². The summed E-state index contributed by atoms with van der Waals surface area (Å²) >= 11 is 1.66. The Morgan fingerprint density at radius 2 is 2.29 bits per heavy atom. The van der Waals surface area contributed by atoms with E-state index in [-0.39, 0.29) is 6.04 Å². The fourth-order valence-electron chi connectivity index (χ4n) is 1.47. The number of nitrogens with zero attached hydrogens (tertiary/aromatic N) is 1. The molecule has 1 aromatic heterocycles. The van der Waals surface area contributed by atoms with Crippen molar-refractivity contribution in [3.63, 3.8) is 0 Å². The largest absolute Gasteiger partial charge is 0.382 e. The van der Waals surface area contributed by atoms with Crippen molar-refractivity contribution in [2.45, 2.75) is 25.8 Å². The molecule has 6 heteroatoms. The van der Waals surface area contributed by atoms with Crippen molar-refractivity contribution >= 4 is 11.3 Å². The topological polar surface area (TPSA) is 69.4 Å². The summed E-state index contributed by atoms with van der Waals surface area (Å²) in [7, 11) is 1.66. The van der Waals surface area contributed by atoms with Crippen LogP contribution in [0.2, 0.25) is 0 Å². The Hall–Kier alpha value is -0.530. The molecule has 0 aliphatic heterocycles. The molecule has 0 spiro atoms. The third-order valence-corrected chi connectivity index (χ3v) is 3.22. The molecule has 3 N–H and O–H groups in total. The summed E-state index contributed by atoms with van der Waals surface area (Å²) in [6.07, 6.45) is 1.71. The summed E-state index contributed by atoms with van der Waals surface area (Å²) in [5.74, 6) is 5.51. The minimum absolute atomic E-state index is 0.207. The molecular weight excluding hydrogens is 238 g/mol. The predicted octanol–water partition coefficient (Wildman–Crippen LogP) is 0.879. The standard InChI is InChI=1S/C11H21N3O2S/c1-9-13-11(8-17-9)7-10(14-12)3-4-16-6-5-15-2/h8,10,14H,3-7,12H2,1-2H3. The SMILES string of the molecule is COCCOCCC(Cc1csc(C)n1)NN. The Morgan fingerprint density at radius 1 is 1.47 bits per heavy atom. The minimum Gasteiger partial charge on any atom is -0.382 e. The molecule has 0 aliphatic rings. The van der Waals surface area contributed by atoms with Crippen LogP contribution in [0, 0.1) is 6.92 Å². The highest BCUT2D eigenvalue weighted by molar-refractivity contribution is 7.09. The van der Waals surface area contributed by atoms with E-state index in [1.165, 1.54) is 0 Å². The van der Waals surface area contributed by atoms with Gasteiger partial charge < -0.3 is 9.47 Å². The lowest BCUT2D eigenvalue weighted by atomic mass is 10.1. The summed E-state index contributed by atoms with van der Waals surface area (Å²) < 4.78 is 10.3. The molecule has 17 heavy (non-hydrogen) atoms. The molecule has 0 aromatic carbocycles. The Labute approximate surface area is 106 Å². The van der Waals surface area contributed by atoms with Crippen LogP contribution >= 0.6 is 11.3 Å². The maximum Gasteiger partial charge on any atom is 0.0897 e. The molecule has 0 saturated heterocycles. The summed E-state index contributed by atoms with van der Waals surface area (Å²) in [4.78, 5) is 4.42. The molecule has 1 unspecified atom stereocenters. The highest BCUT2D eigenvalue weighted by Gasteiger charge is 2.09. The molecule has 1 heterocycles. The fourth-order valence-corrected chi connectivity index (χ4v) is 2.09. The lowest BCUT2D eigenvalue weighted by molar-refractivity contribution is 0.0658. The molecule has 0 radical (unpaired) electrons. The van der Waals surface area contributed by atoms with Gasteiger partial charge in [-0.3, -0.25) is 11.3 Å². The number of ether oxygens (including phenoxy) is 2. The van der Waals surface area contributed by atoms with Crippen molar-refractivity contribution in [3.05, 3.63) is 16.1 Å². The van der Waals surface area contributed by atoms with Gasteiger partial charge in [0.15, 0.2) is 0 Å². The Balaban J connectivity index is 2.19. The molecule has 98 valence electrons. The quantitative estimate of drug-likeness (QED) is 0.391. The molecule has 1 rings (SSSR count). The van der Waals surface area contributed by atoms with E-state index in [2.05, 4.69) is 15.8 Å². The van der Waals surface area contributed by atoms with E-state index in [0.717, 1.165) is 23.5 Å². The van der Waals surface area contributed by atoms with Crippen molar-refractivity contribution in [1.82, 2.24) is 10.4 Å². The first-order valence-corrected chi connectivity index (χ1v) is 6.58. The molecule has 0 aliphatic carbocycles. The Bertz CT molecular complexity index is 307. The van der Waals surface area contributed by atoms with Crippen molar-refractivity contribution < 1.29 is 9.47 Å². The van der Waals surface area contributed by atoms with Gasteiger partial charge in [0.2, 0.25) is 0 Å². The number of hydrazine groups is 1. The predicted molar refractivity (Wildman–Crippen MR) is 69.0 cm³/mol. The molecule has 0 saturated carbocycles. The number of thiazole rings is 1. The van der Waals surface area contributed by atoms with Crippen molar-refractivity contribution in [2.75, 3.05) is 26.9 Å². The Morgan fingerprint density at radius 3 is 2.88 bits per heavy atom. The van der Waals surface area contributed by atoms with Crippen molar-refractivity contribution in [1.29, 1.82) is 0 Å². The second-order valence-corrected chi connectivity index (χ2v) is 4.88. The van der Waals surface area contributed by atoms with Crippen molar-refractivity contribution in [2.24, 2.45) is 5.84 Å².